The molecule has 1 unspecified atom stereocenters. The fraction of sp³-hybridized carbons (Fsp3) is 0.333. The second-order valence-electron chi connectivity index (χ2n) is 7.51. The molecule has 0 saturated carbocycles. The Bertz CT molecular complexity index is 1070. The molecule has 2 aliphatic rings. The Kier molecular flexibility index (Phi) is 3.72. The van der Waals surface area contributed by atoms with Gasteiger partial charge in [0, 0.05) is 29.7 Å². The topological polar surface area (TPSA) is 99.5 Å². The molecule has 0 saturated heterocycles. The number of oxazole rings is 1. The first-order chi connectivity index (χ1) is 13.8. The van der Waals surface area contributed by atoms with E-state index in [0.29, 0.717) is 37.6 Å². The van der Waals surface area contributed by atoms with Crippen LogP contribution in [0.1, 0.15) is 18.4 Å². The molecule has 11 heteroatoms. The molecular formula is C18H15F2N5O4. The van der Waals surface area contributed by atoms with Gasteiger partial charge in [-0.3, -0.25) is 9.47 Å². The minimum atomic E-state index is -0.691. The Morgan fingerprint density at radius 2 is 2.00 bits per heavy atom. The van der Waals surface area contributed by atoms with Gasteiger partial charge in [-0.25, -0.2) is 13.8 Å². The number of imidazole rings is 1. The fourth-order valence-corrected chi connectivity index (χ4v) is 3.85. The van der Waals surface area contributed by atoms with Gasteiger partial charge in [0.1, 0.15) is 29.2 Å². The molecule has 2 aliphatic heterocycles. The van der Waals surface area contributed by atoms with Crippen LogP contribution in [0, 0.1) is 21.7 Å². The van der Waals surface area contributed by atoms with Crippen LogP contribution < -0.4 is 4.74 Å². The molecule has 0 N–H and O–H groups in total. The van der Waals surface area contributed by atoms with E-state index < -0.39 is 22.2 Å². The van der Waals surface area contributed by atoms with Crippen LogP contribution in [-0.2, 0) is 19.6 Å². The summed E-state index contributed by atoms with van der Waals surface area (Å²) in [5, 5.41) is 10.8. The molecule has 0 spiro atoms. The predicted octanol–water partition coefficient (Wildman–Crippen LogP) is 2.89. The molecule has 1 aromatic carbocycles. The van der Waals surface area contributed by atoms with Crippen molar-refractivity contribution in [1.82, 2.24) is 19.4 Å². The highest BCUT2D eigenvalue weighted by Gasteiger charge is 2.42. The highest BCUT2D eigenvalue weighted by molar-refractivity contribution is 5.54. The number of benzene rings is 1. The zero-order chi connectivity index (χ0) is 20.3. The largest absolute Gasteiger partial charge is 0.439 e. The number of fused-ring (bicyclic) bond motifs is 2. The van der Waals surface area contributed by atoms with E-state index in [2.05, 4.69) is 14.9 Å². The van der Waals surface area contributed by atoms with E-state index >= 15 is 0 Å². The van der Waals surface area contributed by atoms with Gasteiger partial charge in [-0.05, 0) is 24.0 Å². The molecule has 2 aromatic heterocycles. The van der Waals surface area contributed by atoms with Crippen molar-refractivity contribution in [2.24, 2.45) is 0 Å². The molecule has 1 atom stereocenters. The van der Waals surface area contributed by atoms with Crippen LogP contribution in [0.3, 0.4) is 0 Å². The van der Waals surface area contributed by atoms with Crippen molar-refractivity contribution in [2.45, 2.75) is 32.2 Å². The summed E-state index contributed by atoms with van der Waals surface area (Å²) in [4.78, 5) is 20.6. The third-order valence-electron chi connectivity index (χ3n) is 4.94. The standard InChI is InChI=1S/C18H15F2N5O4/c1-18(9-24-7-15(25(26)27)22-17(24)29-18)8-23-5-13-14(6-23)28-16(21-13)10-2-11(19)4-12(20)3-10/h2-4,7H,5-6,8-9H2,1H3. The Balaban J connectivity index is 1.27. The highest BCUT2D eigenvalue weighted by atomic mass is 19.1. The zero-order valence-corrected chi connectivity index (χ0v) is 15.3. The number of halogens is 2. The number of rotatable bonds is 4. The molecular weight excluding hydrogens is 388 g/mol. The second-order valence-corrected chi connectivity index (χ2v) is 7.51. The van der Waals surface area contributed by atoms with E-state index in [1.165, 1.54) is 18.3 Å². The number of hydrogen-bond donors (Lipinski definition) is 0. The van der Waals surface area contributed by atoms with E-state index in [1.807, 2.05) is 6.92 Å². The van der Waals surface area contributed by atoms with Crippen LogP contribution >= 0.6 is 0 Å². The van der Waals surface area contributed by atoms with E-state index in [9.17, 15) is 18.9 Å². The molecule has 29 heavy (non-hydrogen) atoms. The highest BCUT2D eigenvalue weighted by Crippen LogP contribution is 2.34. The van der Waals surface area contributed by atoms with Crippen LogP contribution in [-0.4, -0.2) is 36.5 Å². The summed E-state index contributed by atoms with van der Waals surface area (Å²) in [7, 11) is 0. The average molecular weight is 403 g/mol. The summed E-state index contributed by atoms with van der Waals surface area (Å²) in [6.07, 6.45) is 1.36. The SMILES string of the molecule is CC1(CN2Cc3nc(-c4cc(F)cc(F)c4)oc3C2)Cn2cc([N+](=O)[O-])nc2O1. The number of aromatic nitrogens is 3. The third-order valence-corrected chi connectivity index (χ3v) is 4.94. The maximum atomic E-state index is 13.4. The molecule has 0 radical (unpaired) electrons. The number of nitro groups is 1. The van der Waals surface area contributed by atoms with Gasteiger partial charge in [-0.1, -0.05) is 0 Å². The first-order valence-electron chi connectivity index (χ1n) is 8.86. The first kappa shape index (κ1) is 17.7. The maximum Gasteiger partial charge on any atom is 0.415 e. The summed E-state index contributed by atoms with van der Waals surface area (Å²) in [5.41, 5.74) is 0.358. The molecule has 4 heterocycles. The summed E-state index contributed by atoms with van der Waals surface area (Å²) < 4.78 is 40.1. The van der Waals surface area contributed by atoms with Crippen LogP contribution in [0.25, 0.3) is 11.5 Å². The summed E-state index contributed by atoms with van der Waals surface area (Å²) in [6, 6.07) is 3.37. The lowest BCUT2D eigenvalue weighted by molar-refractivity contribution is -0.389. The fourth-order valence-electron chi connectivity index (χ4n) is 3.85. The quantitative estimate of drug-likeness (QED) is 0.488. The predicted molar refractivity (Wildman–Crippen MR) is 93.9 cm³/mol. The third kappa shape index (κ3) is 3.12. The lowest BCUT2D eigenvalue weighted by Gasteiger charge is -2.27. The van der Waals surface area contributed by atoms with Gasteiger partial charge < -0.3 is 19.3 Å². The van der Waals surface area contributed by atoms with Crippen LogP contribution in [0.5, 0.6) is 6.01 Å². The van der Waals surface area contributed by atoms with Gasteiger partial charge in [-0.2, -0.15) is 0 Å². The Morgan fingerprint density at radius 3 is 2.66 bits per heavy atom. The first-order valence-corrected chi connectivity index (χ1v) is 8.86. The lowest BCUT2D eigenvalue weighted by atomic mass is 10.1. The number of hydrogen-bond acceptors (Lipinski definition) is 7. The van der Waals surface area contributed by atoms with Crippen LogP contribution in [0.2, 0.25) is 0 Å². The number of ether oxygens (including phenoxy) is 1. The van der Waals surface area contributed by atoms with Crippen molar-refractivity contribution < 1.29 is 22.9 Å². The van der Waals surface area contributed by atoms with E-state index in [1.54, 1.807) is 4.57 Å². The molecule has 5 rings (SSSR count). The second kappa shape index (κ2) is 6.08. The van der Waals surface area contributed by atoms with E-state index in [4.69, 9.17) is 9.15 Å². The molecule has 3 aromatic rings. The van der Waals surface area contributed by atoms with E-state index in [0.717, 1.165) is 6.07 Å². The normalized spacial score (nSPS) is 20.5. The minimum absolute atomic E-state index is 0.184. The smallest absolute Gasteiger partial charge is 0.415 e. The van der Waals surface area contributed by atoms with Crippen molar-refractivity contribution >= 4 is 5.82 Å². The van der Waals surface area contributed by atoms with Gasteiger partial charge >= 0.3 is 11.8 Å². The van der Waals surface area contributed by atoms with Crippen molar-refractivity contribution in [3.8, 4) is 17.5 Å². The maximum absolute atomic E-state index is 13.4. The van der Waals surface area contributed by atoms with Gasteiger partial charge in [-0.15, -0.1) is 0 Å². The van der Waals surface area contributed by atoms with Crippen molar-refractivity contribution in [2.75, 3.05) is 6.54 Å². The van der Waals surface area contributed by atoms with Crippen LogP contribution in [0.15, 0.2) is 28.8 Å². The Hall–Kier alpha value is -3.34. The van der Waals surface area contributed by atoms with Gasteiger partial charge in [0.25, 0.3) is 0 Å². The molecule has 150 valence electrons. The zero-order valence-electron chi connectivity index (χ0n) is 15.3. The average Bonchev–Trinajstić information content (AvgIpc) is 3.31. The Labute approximate surface area is 162 Å². The molecule has 9 nitrogen and oxygen atoms in total. The molecule has 0 bridgehead atoms. The van der Waals surface area contributed by atoms with Crippen molar-refractivity contribution in [3.63, 3.8) is 0 Å². The lowest BCUT2D eigenvalue weighted by Crippen LogP contribution is -2.43. The summed E-state index contributed by atoms with van der Waals surface area (Å²) in [5.74, 6) is -0.801. The van der Waals surface area contributed by atoms with Crippen molar-refractivity contribution in [3.05, 3.63) is 57.6 Å². The van der Waals surface area contributed by atoms with Gasteiger partial charge in [0.2, 0.25) is 5.89 Å². The van der Waals surface area contributed by atoms with Crippen LogP contribution in [0.4, 0.5) is 14.6 Å². The van der Waals surface area contributed by atoms with Gasteiger partial charge in [0.15, 0.2) is 0 Å². The minimum Gasteiger partial charge on any atom is -0.439 e. The summed E-state index contributed by atoms with van der Waals surface area (Å²) >= 11 is 0. The molecule has 0 amide bonds. The molecule has 0 aliphatic carbocycles. The van der Waals surface area contributed by atoms with E-state index in [-0.39, 0.29) is 23.3 Å². The monoisotopic (exact) mass is 403 g/mol. The Morgan fingerprint density at radius 1 is 1.24 bits per heavy atom. The van der Waals surface area contributed by atoms with Crippen molar-refractivity contribution in [1.29, 1.82) is 0 Å². The van der Waals surface area contributed by atoms with Gasteiger partial charge in [0.05, 0.1) is 18.8 Å². The molecule has 0 fully saturated rings. The number of nitrogens with zero attached hydrogens (tertiary/aromatic N) is 5. The summed E-state index contributed by atoms with van der Waals surface area (Å²) in [6.45, 7) is 3.84.